The van der Waals surface area contributed by atoms with Gasteiger partial charge in [0.1, 0.15) is 0 Å². The van der Waals surface area contributed by atoms with Crippen molar-refractivity contribution in [3.05, 3.63) is 0 Å². The van der Waals surface area contributed by atoms with Gasteiger partial charge in [-0.15, -0.1) is 0 Å². The summed E-state index contributed by atoms with van der Waals surface area (Å²) in [5.74, 6) is 0.251. The Hall–Kier alpha value is -0.130. The largest absolute Gasteiger partial charge is 0.312 e. The van der Waals surface area contributed by atoms with Gasteiger partial charge >= 0.3 is 0 Å². The molecule has 2 N–H and O–H groups in total. The van der Waals surface area contributed by atoms with Crippen LogP contribution in [-0.4, -0.2) is 32.8 Å². The summed E-state index contributed by atoms with van der Waals surface area (Å²) in [6.07, 6.45) is 5.11. The molecule has 5 heteroatoms. The van der Waals surface area contributed by atoms with E-state index in [0.29, 0.717) is 6.04 Å². The van der Waals surface area contributed by atoms with Crippen molar-refractivity contribution >= 4 is 10.0 Å². The van der Waals surface area contributed by atoms with E-state index in [2.05, 4.69) is 10.0 Å². The fourth-order valence-electron chi connectivity index (χ4n) is 2.06. The van der Waals surface area contributed by atoms with Crippen LogP contribution in [0.4, 0.5) is 0 Å². The first kappa shape index (κ1) is 13.9. The van der Waals surface area contributed by atoms with E-state index in [9.17, 15) is 8.42 Å². The van der Waals surface area contributed by atoms with E-state index in [1.165, 1.54) is 12.8 Å². The Morgan fingerprint density at radius 3 is 2.75 bits per heavy atom. The number of unbranched alkanes of at least 4 members (excludes halogenated alkanes) is 1. The molecule has 2 unspecified atom stereocenters. The van der Waals surface area contributed by atoms with Gasteiger partial charge in [0.05, 0.1) is 5.75 Å². The second-order valence-corrected chi connectivity index (χ2v) is 6.51. The fraction of sp³-hybridized carbons (Fsp3) is 1.00. The topological polar surface area (TPSA) is 58.2 Å². The number of sulfonamides is 1. The normalized spacial score (nSPS) is 24.2. The van der Waals surface area contributed by atoms with Crippen molar-refractivity contribution in [1.82, 2.24) is 10.0 Å². The van der Waals surface area contributed by atoms with Crippen LogP contribution in [0.15, 0.2) is 0 Å². The summed E-state index contributed by atoms with van der Waals surface area (Å²) in [6, 6.07) is 0.298. The van der Waals surface area contributed by atoms with Gasteiger partial charge in [-0.25, -0.2) is 13.1 Å². The summed E-state index contributed by atoms with van der Waals surface area (Å²) < 4.78 is 26.2. The molecule has 1 heterocycles. The molecule has 0 aliphatic carbocycles. The Kier molecular flexibility index (Phi) is 5.72. The molecule has 2 atom stereocenters. The van der Waals surface area contributed by atoms with Crippen molar-refractivity contribution in [3.63, 3.8) is 0 Å². The van der Waals surface area contributed by atoms with Gasteiger partial charge in [-0.3, -0.25) is 0 Å². The van der Waals surface area contributed by atoms with E-state index in [1.807, 2.05) is 13.8 Å². The van der Waals surface area contributed by atoms with Crippen LogP contribution in [0.25, 0.3) is 0 Å². The molecule has 96 valence electrons. The Labute approximate surface area is 99.2 Å². The van der Waals surface area contributed by atoms with E-state index in [4.69, 9.17) is 0 Å². The van der Waals surface area contributed by atoms with Crippen LogP contribution >= 0.6 is 0 Å². The third-order valence-corrected chi connectivity index (χ3v) is 4.64. The predicted molar refractivity (Wildman–Crippen MR) is 66.9 cm³/mol. The highest BCUT2D eigenvalue weighted by Crippen LogP contribution is 2.11. The van der Waals surface area contributed by atoms with Crippen LogP contribution in [0.2, 0.25) is 0 Å². The van der Waals surface area contributed by atoms with Crippen LogP contribution in [0.3, 0.4) is 0 Å². The smallest absolute Gasteiger partial charge is 0.211 e. The van der Waals surface area contributed by atoms with Gasteiger partial charge in [-0.05, 0) is 32.7 Å². The average molecular weight is 248 g/mol. The lowest BCUT2D eigenvalue weighted by Gasteiger charge is -2.29. The first-order valence-corrected chi connectivity index (χ1v) is 7.94. The molecule has 1 rings (SSSR count). The van der Waals surface area contributed by atoms with Gasteiger partial charge in [0.15, 0.2) is 0 Å². The van der Waals surface area contributed by atoms with Crippen molar-refractivity contribution in [2.24, 2.45) is 0 Å². The second-order valence-electron chi connectivity index (χ2n) is 4.64. The zero-order valence-electron chi connectivity index (χ0n) is 10.3. The molecule has 0 saturated carbocycles. The minimum Gasteiger partial charge on any atom is -0.312 e. The third-order valence-electron chi connectivity index (χ3n) is 3.08. The van der Waals surface area contributed by atoms with Gasteiger partial charge in [-0.1, -0.05) is 19.8 Å². The van der Waals surface area contributed by atoms with Crippen LogP contribution in [-0.2, 0) is 10.0 Å². The summed E-state index contributed by atoms with van der Waals surface area (Å²) >= 11 is 0. The van der Waals surface area contributed by atoms with Gasteiger partial charge in [0, 0.05) is 12.1 Å². The molecule has 0 aromatic heterocycles. The van der Waals surface area contributed by atoms with Crippen molar-refractivity contribution in [2.75, 3.05) is 12.3 Å². The first-order valence-electron chi connectivity index (χ1n) is 6.28. The summed E-state index contributed by atoms with van der Waals surface area (Å²) in [5.41, 5.74) is 0. The Morgan fingerprint density at radius 2 is 2.19 bits per heavy atom. The average Bonchev–Trinajstić information content (AvgIpc) is 2.27. The van der Waals surface area contributed by atoms with E-state index >= 15 is 0 Å². The van der Waals surface area contributed by atoms with Crippen LogP contribution in [0.1, 0.15) is 46.0 Å². The molecule has 0 aromatic rings. The monoisotopic (exact) mass is 248 g/mol. The van der Waals surface area contributed by atoms with Crippen molar-refractivity contribution in [2.45, 2.75) is 58.0 Å². The van der Waals surface area contributed by atoms with E-state index < -0.39 is 10.0 Å². The molecular weight excluding hydrogens is 224 g/mol. The molecule has 1 fully saturated rings. The fourth-order valence-corrected chi connectivity index (χ4v) is 3.58. The third kappa shape index (κ3) is 4.80. The van der Waals surface area contributed by atoms with Crippen LogP contribution in [0, 0.1) is 0 Å². The molecule has 1 aliphatic rings. The van der Waals surface area contributed by atoms with E-state index in [0.717, 1.165) is 25.8 Å². The number of hydrogen-bond donors (Lipinski definition) is 2. The first-order chi connectivity index (χ1) is 7.55. The number of nitrogens with one attached hydrogen (secondary N) is 2. The van der Waals surface area contributed by atoms with Gasteiger partial charge in [-0.2, -0.15) is 0 Å². The van der Waals surface area contributed by atoms with Crippen molar-refractivity contribution in [1.29, 1.82) is 0 Å². The summed E-state index contributed by atoms with van der Waals surface area (Å²) in [5, 5.41) is 3.37. The molecule has 0 radical (unpaired) electrons. The molecule has 4 nitrogen and oxygen atoms in total. The van der Waals surface area contributed by atoms with Crippen LogP contribution < -0.4 is 10.0 Å². The Bertz CT molecular complexity index is 284. The molecule has 0 spiro atoms. The SMILES string of the molecule is CCCCS(=O)(=O)NC(C)C1CCCCN1. The zero-order chi connectivity index (χ0) is 12.0. The van der Waals surface area contributed by atoms with Crippen LogP contribution in [0.5, 0.6) is 0 Å². The molecule has 0 aromatic carbocycles. The van der Waals surface area contributed by atoms with Gasteiger partial charge < -0.3 is 5.32 Å². The number of piperidine rings is 1. The predicted octanol–water partition coefficient (Wildman–Crippen LogP) is 1.24. The van der Waals surface area contributed by atoms with E-state index in [-0.39, 0.29) is 11.8 Å². The molecule has 1 aliphatic heterocycles. The lowest BCUT2D eigenvalue weighted by molar-refractivity contribution is 0.347. The molecule has 0 amide bonds. The second kappa shape index (κ2) is 6.57. The maximum absolute atomic E-state index is 11.7. The highest BCUT2D eigenvalue weighted by atomic mass is 32.2. The summed E-state index contributed by atoms with van der Waals surface area (Å²) in [7, 11) is -3.08. The van der Waals surface area contributed by atoms with E-state index in [1.54, 1.807) is 0 Å². The zero-order valence-corrected chi connectivity index (χ0v) is 11.1. The molecule has 0 bridgehead atoms. The number of hydrogen-bond acceptors (Lipinski definition) is 3. The summed E-state index contributed by atoms with van der Waals surface area (Å²) in [6.45, 7) is 4.96. The molecule has 16 heavy (non-hydrogen) atoms. The minimum atomic E-state index is -3.08. The van der Waals surface area contributed by atoms with Crippen molar-refractivity contribution < 1.29 is 8.42 Å². The quantitative estimate of drug-likeness (QED) is 0.743. The molecule has 1 saturated heterocycles. The number of rotatable bonds is 6. The standard InChI is InChI=1S/C11H24N2O2S/c1-3-4-9-16(14,15)13-10(2)11-7-5-6-8-12-11/h10-13H,3-9H2,1-2H3. The lowest BCUT2D eigenvalue weighted by Crippen LogP contribution is -2.50. The van der Waals surface area contributed by atoms with Crippen molar-refractivity contribution in [3.8, 4) is 0 Å². The van der Waals surface area contributed by atoms with Gasteiger partial charge in [0.2, 0.25) is 10.0 Å². The van der Waals surface area contributed by atoms with Gasteiger partial charge in [0.25, 0.3) is 0 Å². The Balaban J connectivity index is 2.39. The molecular formula is C11H24N2O2S. The Morgan fingerprint density at radius 1 is 1.44 bits per heavy atom. The highest BCUT2D eigenvalue weighted by Gasteiger charge is 2.23. The lowest BCUT2D eigenvalue weighted by atomic mass is 10.00. The maximum atomic E-state index is 11.7. The summed E-state index contributed by atoms with van der Waals surface area (Å²) in [4.78, 5) is 0. The minimum absolute atomic E-state index is 0.00200. The highest BCUT2D eigenvalue weighted by molar-refractivity contribution is 7.89. The maximum Gasteiger partial charge on any atom is 0.211 e.